The van der Waals surface area contributed by atoms with Crippen molar-refractivity contribution in [3.63, 3.8) is 0 Å². The van der Waals surface area contributed by atoms with Gasteiger partial charge in [0.1, 0.15) is 22.3 Å². The van der Waals surface area contributed by atoms with Crippen LogP contribution in [0.15, 0.2) is 49.1 Å². The van der Waals surface area contributed by atoms with E-state index >= 15 is 0 Å². The van der Waals surface area contributed by atoms with Crippen LogP contribution < -0.4 is 5.32 Å². The highest BCUT2D eigenvalue weighted by Gasteiger charge is 2.41. The summed E-state index contributed by atoms with van der Waals surface area (Å²) in [5.74, 6) is 0.719. The molecule has 0 radical (unpaired) electrons. The summed E-state index contributed by atoms with van der Waals surface area (Å²) in [4.78, 5) is 28.6. The summed E-state index contributed by atoms with van der Waals surface area (Å²) >= 11 is 1.49. The second-order valence-electron chi connectivity index (χ2n) is 8.12. The molecule has 168 valence electrons. The van der Waals surface area contributed by atoms with Crippen LogP contribution in [0.2, 0.25) is 0 Å². The number of aryl methyl sites for hydroxylation is 1. The molecule has 2 N–H and O–H groups in total. The predicted octanol–water partition coefficient (Wildman–Crippen LogP) is 4.21. The number of anilines is 1. The molecule has 0 saturated heterocycles. The Balaban J connectivity index is 1.20. The van der Waals surface area contributed by atoms with Gasteiger partial charge in [0.05, 0.1) is 5.69 Å². The van der Waals surface area contributed by atoms with Gasteiger partial charge in [0.2, 0.25) is 0 Å². The first-order valence-corrected chi connectivity index (χ1v) is 11.6. The normalized spacial score (nSPS) is 14.6. The summed E-state index contributed by atoms with van der Waals surface area (Å²) < 4.78 is 14.3. The number of nitrogens with zero attached hydrogens (tertiary/aromatic N) is 5. The van der Waals surface area contributed by atoms with Crippen molar-refractivity contribution in [2.45, 2.75) is 37.5 Å². The molecule has 5 rings (SSSR count). The molecular weight excluding hydrogens is 441 g/mol. The molecule has 1 fully saturated rings. The van der Waals surface area contributed by atoms with Gasteiger partial charge in [-0.15, -0.1) is 21.5 Å². The highest BCUT2D eigenvalue weighted by molar-refractivity contribution is 7.15. The van der Waals surface area contributed by atoms with Gasteiger partial charge in [0, 0.05) is 48.0 Å². The van der Waals surface area contributed by atoms with Gasteiger partial charge in [-0.1, -0.05) is 6.42 Å². The first-order valence-electron chi connectivity index (χ1n) is 10.8. The minimum atomic E-state index is -0.303. The van der Waals surface area contributed by atoms with Crippen LogP contribution in [0.4, 0.5) is 10.2 Å². The molecule has 0 aromatic carbocycles. The highest BCUT2D eigenvalue weighted by Crippen LogP contribution is 2.43. The van der Waals surface area contributed by atoms with Crippen molar-refractivity contribution in [3.8, 4) is 10.7 Å². The Labute approximate surface area is 193 Å². The van der Waals surface area contributed by atoms with E-state index in [4.69, 9.17) is 0 Å². The number of aromatic nitrogens is 6. The third-order valence-corrected chi connectivity index (χ3v) is 7.06. The topological polar surface area (TPSA) is 109 Å². The van der Waals surface area contributed by atoms with Crippen LogP contribution in [0.3, 0.4) is 0 Å². The van der Waals surface area contributed by atoms with Crippen molar-refractivity contribution < 1.29 is 9.18 Å². The Bertz CT molecular complexity index is 1240. The van der Waals surface area contributed by atoms with Crippen LogP contribution in [0.5, 0.6) is 0 Å². The van der Waals surface area contributed by atoms with Crippen LogP contribution in [-0.2, 0) is 11.8 Å². The van der Waals surface area contributed by atoms with Gasteiger partial charge in [0.25, 0.3) is 0 Å². The van der Waals surface area contributed by atoms with Crippen molar-refractivity contribution in [1.29, 1.82) is 0 Å². The monoisotopic (exact) mass is 463 g/mol. The average Bonchev–Trinajstić information content (AvgIpc) is 3.51. The van der Waals surface area contributed by atoms with Crippen LogP contribution in [-0.4, -0.2) is 42.5 Å². The van der Waals surface area contributed by atoms with Crippen LogP contribution in [0.1, 0.15) is 46.9 Å². The summed E-state index contributed by atoms with van der Waals surface area (Å²) in [6.07, 6.45) is 10.4. The number of pyridine rings is 1. The third-order valence-electron chi connectivity index (χ3n) is 5.98. The summed E-state index contributed by atoms with van der Waals surface area (Å²) in [6.45, 7) is 0.556. The van der Waals surface area contributed by atoms with E-state index in [1.54, 1.807) is 30.9 Å². The standard InChI is InChI=1S/C23H22FN7OS/c24-16-3-1-10-25-20(16)23(8-2-9-23)14-29-19-7-5-17(30-31-19)22-28-13-15(33-22)4-6-18(32)21-26-11-12-27-21/h1,3,5,7,10-13H,2,4,6,8-9,14H2,(H,26,27)(H,29,31). The van der Waals surface area contributed by atoms with E-state index in [0.717, 1.165) is 29.1 Å². The molecule has 1 aliphatic carbocycles. The molecule has 4 heterocycles. The lowest BCUT2D eigenvalue weighted by atomic mass is 9.66. The minimum Gasteiger partial charge on any atom is -0.368 e. The number of ketones is 1. The first-order chi connectivity index (χ1) is 16.1. The van der Waals surface area contributed by atoms with Gasteiger partial charge < -0.3 is 10.3 Å². The van der Waals surface area contributed by atoms with Crippen molar-refractivity contribution >= 4 is 22.9 Å². The maximum absolute atomic E-state index is 14.3. The Morgan fingerprint density at radius 1 is 1.15 bits per heavy atom. The molecule has 0 atom stereocenters. The van der Waals surface area contributed by atoms with Crippen molar-refractivity contribution in [2.75, 3.05) is 11.9 Å². The van der Waals surface area contributed by atoms with E-state index in [1.807, 2.05) is 12.1 Å². The van der Waals surface area contributed by atoms with Crippen molar-refractivity contribution in [1.82, 2.24) is 30.1 Å². The molecule has 33 heavy (non-hydrogen) atoms. The average molecular weight is 464 g/mol. The fourth-order valence-corrected chi connectivity index (χ4v) is 4.87. The largest absolute Gasteiger partial charge is 0.368 e. The lowest BCUT2D eigenvalue weighted by Crippen LogP contribution is -2.42. The number of halogens is 1. The second-order valence-corrected chi connectivity index (χ2v) is 9.23. The number of carbonyl (C=O) groups excluding carboxylic acids is 1. The molecule has 1 aliphatic rings. The third kappa shape index (κ3) is 4.51. The number of hydrogen-bond donors (Lipinski definition) is 2. The SMILES string of the molecule is O=C(CCc1cnc(-c2ccc(NCC3(c4ncccc4F)CCC3)nn2)s1)c1ncc[nH]1. The molecular formula is C23H22FN7OS. The second kappa shape index (κ2) is 9.14. The zero-order valence-electron chi connectivity index (χ0n) is 17.8. The number of imidazole rings is 1. The van der Waals surface area contributed by atoms with Gasteiger partial charge >= 0.3 is 0 Å². The van der Waals surface area contributed by atoms with Crippen LogP contribution in [0.25, 0.3) is 10.7 Å². The number of aromatic amines is 1. The van der Waals surface area contributed by atoms with E-state index in [1.165, 1.54) is 17.4 Å². The quantitative estimate of drug-likeness (QED) is 0.358. The number of rotatable bonds is 9. The summed E-state index contributed by atoms with van der Waals surface area (Å²) in [6, 6.07) is 6.79. The smallest absolute Gasteiger partial charge is 0.198 e. The molecule has 10 heteroatoms. The minimum absolute atomic E-state index is 0.0278. The molecule has 0 amide bonds. The number of carbonyl (C=O) groups is 1. The van der Waals surface area contributed by atoms with Gasteiger partial charge in [0.15, 0.2) is 11.6 Å². The number of thiazole rings is 1. The highest BCUT2D eigenvalue weighted by atomic mass is 32.1. The fraction of sp³-hybridized carbons (Fsp3) is 0.304. The Hall–Kier alpha value is -3.53. The van der Waals surface area contributed by atoms with Crippen LogP contribution in [0, 0.1) is 5.82 Å². The lowest BCUT2D eigenvalue weighted by molar-refractivity contribution is 0.0974. The maximum Gasteiger partial charge on any atom is 0.198 e. The molecule has 4 aromatic heterocycles. The number of hydrogen-bond acceptors (Lipinski definition) is 8. The van der Waals surface area contributed by atoms with E-state index in [2.05, 4.69) is 35.5 Å². The van der Waals surface area contributed by atoms with Crippen molar-refractivity contribution in [3.05, 3.63) is 71.3 Å². The van der Waals surface area contributed by atoms with E-state index in [0.29, 0.717) is 42.4 Å². The predicted molar refractivity (Wildman–Crippen MR) is 123 cm³/mol. The molecule has 0 unspecified atom stereocenters. The Kier molecular flexibility index (Phi) is 5.91. The fourth-order valence-electron chi connectivity index (χ4n) is 3.99. The van der Waals surface area contributed by atoms with Gasteiger partial charge in [-0.25, -0.2) is 14.4 Å². The van der Waals surface area contributed by atoms with Crippen molar-refractivity contribution in [2.24, 2.45) is 0 Å². The number of H-pyrrole nitrogens is 1. The summed E-state index contributed by atoms with van der Waals surface area (Å²) in [5.41, 5.74) is 0.889. The molecule has 0 aliphatic heterocycles. The summed E-state index contributed by atoms with van der Waals surface area (Å²) in [5, 5.41) is 12.6. The summed E-state index contributed by atoms with van der Waals surface area (Å²) in [7, 11) is 0. The van der Waals surface area contributed by atoms with Gasteiger partial charge in [-0.05, 0) is 43.5 Å². The number of nitrogens with one attached hydrogen (secondary N) is 2. The molecule has 8 nitrogen and oxygen atoms in total. The molecule has 0 bridgehead atoms. The number of Topliss-reactive ketones (excluding diaryl/α,β-unsaturated/α-hetero) is 1. The zero-order valence-corrected chi connectivity index (χ0v) is 18.6. The first kappa shape index (κ1) is 21.3. The van der Waals surface area contributed by atoms with E-state index < -0.39 is 0 Å². The molecule has 0 spiro atoms. The van der Waals surface area contributed by atoms with Crippen LogP contribution >= 0.6 is 11.3 Å². The van der Waals surface area contributed by atoms with Gasteiger partial charge in [-0.3, -0.25) is 9.78 Å². The molecule has 1 saturated carbocycles. The van der Waals surface area contributed by atoms with E-state index in [-0.39, 0.29) is 17.0 Å². The Morgan fingerprint density at radius 2 is 2.06 bits per heavy atom. The zero-order chi connectivity index (χ0) is 22.7. The maximum atomic E-state index is 14.3. The molecule has 4 aromatic rings. The Morgan fingerprint density at radius 3 is 2.76 bits per heavy atom. The van der Waals surface area contributed by atoms with E-state index in [9.17, 15) is 9.18 Å². The van der Waals surface area contributed by atoms with Gasteiger partial charge in [-0.2, -0.15) is 0 Å². The lowest BCUT2D eigenvalue weighted by Gasteiger charge is -2.41.